The fourth-order valence-corrected chi connectivity index (χ4v) is 1.38. The van der Waals surface area contributed by atoms with E-state index in [2.05, 4.69) is 24.9 Å². The lowest BCUT2D eigenvalue weighted by Crippen LogP contribution is -1.99. The summed E-state index contributed by atoms with van der Waals surface area (Å²) in [6, 6.07) is 4.05. The number of hydrogen-bond donors (Lipinski definition) is 0. The van der Waals surface area contributed by atoms with Crippen LogP contribution in [0, 0.1) is 6.92 Å². The predicted molar refractivity (Wildman–Crippen MR) is 67.2 cm³/mol. The fraction of sp³-hybridized carbons (Fsp3) is 0.250. The van der Waals surface area contributed by atoms with Crippen molar-refractivity contribution in [2.45, 2.75) is 13.8 Å². The van der Waals surface area contributed by atoms with Gasteiger partial charge in [0.2, 0.25) is 0 Å². The molecule has 2 rings (SSSR count). The van der Waals surface area contributed by atoms with Crippen molar-refractivity contribution in [2.75, 3.05) is 7.11 Å². The van der Waals surface area contributed by atoms with Gasteiger partial charge in [0.05, 0.1) is 12.8 Å². The molecule has 6 heteroatoms. The van der Waals surface area contributed by atoms with E-state index in [9.17, 15) is 0 Å². The molecular weight excluding hydrogens is 230 g/mol. The Hall–Kier alpha value is -2.37. The van der Waals surface area contributed by atoms with Gasteiger partial charge in [0.1, 0.15) is 5.82 Å². The van der Waals surface area contributed by atoms with E-state index in [1.807, 2.05) is 19.1 Å². The molecule has 0 spiro atoms. The number of aromatic nitrogens is 4. The molecule has 0 bridgehead atoms. The van der Waals surface area contributed by atoms with Gasteiger partial charge in [-0.05, 0) is 19.9 Å². The van der Waals surface area contributed by atoms with Gasteiger partial charge in [0, 0.05) is 18.0 Å². The molecule has 0 saturated carbocycles. The van der Waals surface area contributed by atoms with Crippen LogP contribution in [0.4, 0.5) is 5.95 Å². The van der Waals surface area contributed by atoms with Gasteiger partial charge < -0.3 is 4.74 Å². The number of ether oxygens (including phenoxy) is 1. The van der Waals surface area contributed by atoms with E-state index in [0.717, 1.165) is 11.3 Å². The summed E-state index contributed by atoms with van der Waals surface area (Å²) in [5.74, 6) is 0.903. The van der Waals surface area contributed by atoms with Crippen LogP contribution in [0.3, 0.4) is 0 Å². The summed E-state index contributed by atoms with van der Waals surface area (Å²) in [5, 5.41) is 0. The molecule has 0 aliphatic heterocycles. The van der Waals surface area contributed by atoms with Gasteiger partial charge >= 0.3 is 6.01 Å². The van der Waals surface area contributed by atoms with Gasteiger partial charge in [-0.3, -0.25) is 4.98 Å². The number of rotatable bonds is 3. The van der Waals surface area contributed by atoms with Crippen LogP contribution in [-0.2, 0) is 0 Å². The van der Waals surface area contributed by atoms with E-state index in [4.69, 9.17) is 4.74 Å². The summed E-state index contributed by atoms with van der Waals surface area (Å²) in [7, 11) is 1.51. The van der Waals surface area contributed by atoms with Crippen LogP contribution in [0.5, 0.6) is 6.01 Å². The van der Waals surface area contributed by atoms with Crippen molar-refractivity contribution in [1.82, 2.24) is 19.9 Å². The average molecular weight is 243 g/mol. The molecule has 0 aliphatic carbocycles. The Balaban J connectivity index is 2.35. The van der Waals surface area contributed by atoms with Crippen molar-refractivity contribution < 1.29 is 4.74 Å². The first-order valence-electron chi connectivity index (χ1n) is 5.41. The summed E-state index contributed by atoms with van der Waals surface area (Å²) in [5.41, 5.74) is 1.71. The summed E-state index contributed by atoms with van der Waals surface area (Å²) in [4.78, 5) is 20.6. The number of pyridine rings is 1. The monoisotopic (exact) mass is 243 g/mol. The molecular formula is C12H13N5O. The third-order valence-corrected chi connectivity index (χ3v) is 2.24. The van der Waals surface area contributed by atoms with E-state index in [0.29, 0.717) is 11.8 Å². The number of hydrogen-bond acceptors (Lipinski definition) is 6. The Morgan fingerprint density at radius 1 is 1.28 bits per heavy atom. The van der Waals surface area contributed by atoms with Crippen molar-refractivity contribution in [1.29, 1.82) is 0 Å². The lowest BCUT2D eigenvalue weighted by molar-refractivity contribution is 0.377. The van der Waals surface area contributed by atoms with E-state index < -0.39 is 0 Å². The molecule has 0 saturated heterocycles. The van der Waals surface area contributed by atoms with Crippen molar-refractivity contribution in [2.24, 2.45) is 4.99 Å². The van der Waals surface area contributed by atoms with Gasteiger partial charge in [-0.15, -0.1) is 0 Å². The Labute approximate surface area is 105 Å². The second-order valence-electron chi connectivity index (χ2n) is 3.61. The Morgan fingerprint density at radius 3 is 2.78 bits per heavy atom. The Kier molecular flexibility index (Phi) is 3.57. The number of aryl methyl sites for hydroxylation is 1. The molecule has 0 unspecified atom stereocenters. The molecule has 0 amide bonds. The third kappa shape index (κ3) is 2.85. The van der Waals surface area contributed by atoms with Crippen molar-refractivity contribution in [3.63, 3.8) is 0 Å². The third-order valence-electron chi connectivity index (χ3n) is 2.24. The maximum Gasteiger partial charge on any atom is 0.321 e. The first-order chi connectivity index (χ1) is 8.69. The highest BCUT2D eigenvalue weighted by atomic mass is 16.5. The SMILES string of the molecule is COc1nc(C)nc(N=C(C)c2cccnc2)n1. The van der Waals surface area contributed by atoms with Gasteiger partial charge in [-0.25, -0.2) is 4.99 Å². The zero-order valence-electron chi connectivity index (χ0n) is 10.5. The maximum atomic E-state index is 4.98. The first-order valence-corrected chi connectivity index (χ1v) is 5.41. The van der Waals surface area contributed by atoms with Gasteiger partial charge in [0.15, 0.2) is 0 Å². The normalized spacial score (nSPS) is 11.4. The highest BCUT2D eigenvalue weighted by Crippen LogP contribution is 2.11. The molecule has 2 aromatic heterocycles. The lowest BCUT2D eigenvalue weighted by atomic mass is 10.2. The maximum absolute atomic E-state index is 4.98. The molecule has 0 radical (unpaired) electrons. The first kappa shape index (κ1) is 12.1. The average Bonchev–Trinajstić information content (AvgIpc) is 2.39. The minimum Gasteiger partial charge on any atom is -0.467 e. The van der Waals surface area contributed by atoms with E-state index in [1.165, 1.54) is 7.11 Å². The van der Waals surface area contributed by atoms with Crippen LogP contribution in [0.25, 0.3) is 0 Å². The zero-order chi connectivity index (χ0) is 13.0. The second kappa shape index (κ2) is 5.31. The fourth-order valence-electron chi connectivity index (χ4n) is 1.38. The molecule has 0 aliphatic rings. The van der Waals surface area contributed by atoms with Crippen LogP contribution < -0.4 is 4.74 Å². The minimum absolute atomic E-state index is 0.264. The molecule has 0 N–H and O–H groups in total. The number of nitrogens with zero attached hydrogens (tertiary/aromatic N) is 5. The highest BCUT2D eigenvalue weighted by Gasteiger charge is 2.04. The number of methoxy groups -OCH3 is 1. The molecule has 0 aromatic carbocycles. The predicted octanol–water partition coefficient (Wildman–Crippen LogP) is 1.72. The zero-order valence-corrected chi connectivity index (χ0v) is 10.5. The summed E-state index contributed by atoms with van der Waals surface area (Å²) < 4.78 is 4.98. The molecule has 0 atom stereocenters. The van der Waals surface area contributed by atoms with Crippen molar-refractivity contribution >= 4 is 11.7 Å². The van der Waals surface area contributed by atoms with Crippen LogP contribution in [0.1, 0.15) is 18.3 Å². The highest BCUT2D eigenvalue weighted by molar-refractivity contribution is 5.99. The second-order valence-corrected chi connectivity index (χ2v) is 3.61. The Bertz CT molecular complexity index is 568. The van der Waals surface area contributed by atoms with Crippen LogP contribution in [0.15, 0.2) is 29.5 Å². The van der Waals surface area contributed by atoms with Crippen LogP contribution >= 0.6 is 0 Å². The quantitative estimate of drug-likeness (QED) is 0.767. The van der Waals surface area contributed by atoms with E-state index >= 15 is 0 Å². The van der Waals surface area contributed by atoms with Gasteiger partial charge in [-0.2, -0.15) is 15.0 Å². The van der Waals surface area contributed by atoms with E-state index in [1.54, 1.807) is 19.3 Å². The largest absolute Gasteiger partial charge is 0.467 e. The smallest absolute Gasteiger partial charge is 0.321 e. The van der Waals surface area contributed by atoms with Gasteiger partial charge in [-0.1, -0.05) is 6.07 Å². The lowest BCUT2D eigenvalue weighted by Gasteiger charge is -2.02. The Morgan fingerprint density at radius 2 is 2.11 bits per heavy atom. The summed E-state index contributed by atoms with van der Waals surface area (Å²) in [6.07, 6.45) is 3.46. The molecule has 2 heterocycles. The van der Waals surface area contributed by atoms with Crippen molar-refractivity contribution in [3.05, 3.63) is 35.9 Å². The molecule has 18 heavy (non-hydrogen) atoms. The summed E-state index contributed by atoms with van der Waals surface area (Å²) >= 11 is 0. The topological polar surface area (TPSA) is 73.2 Å². The van der Waals surface area contributed by atoms with E-state index in [-0.39, 0.29) is 6.01 Å². The molecule has 0 fully saturated rings. The van der Waals surface area contributed by atoms with Crippen LogP contribution in [-0.4, -0.2) is 32.8 Å². The van der Waals surface area contributed by atoms with Crippen LogP contribution in [0.2, 0.25) is 0 Å². The molecule has 92 valence electrons. The minimum atomic E-state index is 0.264. The number of aliphatic imine (C=N–C) groups is 1. The molecule has 6 nitrogen and oxygen atoms in total. The molecule has 2 aromatic rings. The van der Waals surface area contributed by atoms with Crippen molar-refractivity contribution in [3.8, 4) is 6.01 Å². The standard InChI is InChI=1S/C12H13N5O/c1-8(10-5-4-6-13-7-10)14-11-15-9(2)16-12(17-11)18-3/h4-7H,1-3H3. The summed E-state index contributed by atoms with van der Waals surface area (Å²) in [6.45, 7) is 3.64. The van der Waals surface area contributed by atoms with Gasteiger partial charge in [0.25, 0.3) is 5.95 Å².